The molecule has 0 bridgehead atoms. The molecule has 0 saturated carbocycles. The third-order valence-electron chi connectivity index (χ3n) is 4.94. The van der Waals surface area contributed by atoms with Gasteiger partial charge in [0.05, 0.1) is 0 Å². The summed E-state index contributed by atoms with van der Waals surface area (Å²) in [6.07, 6.45) is 5.71. The number of benzene rings is 1. The summed E-state index contributed by atoms with van der Waals surface area (Å²) in [5, 5.41) is 14.0. The van der Waals surface area contributed by atoms with E-state index >= 15 is 0 Å². The summed E-state index contributed by atoms with van der Waals surface area (Å²) in [6, 6.07) is 5.32. The maximum Gasteiger partial charge on any atom is 0.339 e. The van der Waals surface area contributed by atoms with Gasteiger partial charge in [-0.1, -0.05) is 6.42 Å². The van der Waals surface area contributed by atoms with Crippen LogP contribution in [0.3, 0.4) is 0 Å². The molecule has 1 aliphatic carbocycles. The molecule has 150 valence electrons. The van der Waals surface area contributed by atoms with Crippen LogP contribution in [0.25, 0.3) is 11.0 Å². The van der Waals surface area contributed by atoms with Crippen LogP contribution >= 0.6 is 0 Å². The van der Waals surface area contributed by atoms with E-state index in [-0.39, 0.29) is 24.6 Å². The zero-order valence-electron chi connectivity index (χ0n) is 15.8. The molecule has 0 saturated heterocycles. The summed E-state index contributed by atoms with van der Waals surface area (Å²) >= 11 is 0. The maximum absolute atomic E-state index is 12.2. The number of carbonyl (C=O) groups is 2. The quantitative estimate of drug-likeness (QED) is 0.516. The molecule has 0 radical (unpaired) electrons. The van der Waals surface area contributed by atoms with Gasteiger partial charge in [0, 0.05) is 29.5 Å². The zero-order valence-corrected chi connectivity index (χ0v) is 15.8. The Bertz CT molecular complexity index is 917. The van der Waals surface area contributed by atoms with Gasteiger partial charge in [-0.25, -0.2) is 4.79 Å². The molecule has 0 atom stereocenters. The third-order valence-corrected chi connectivity index (χ3v) is 4.94. The average Bonchev–Trinajstić information content (AvgIpc) is 2.69. The molecule has 1 aromatic carbocycles. The lowest BCUT2D eigenvalue weighted by Crippen LogP contribution is -2.29. The molecule has 1 amide bonds. The number of hydrogen-bond acceptors (Lipinski definition) is 6. The Labute approximate surface area is 162 Å². The van der Waals surface area contributed by atoms with Gasteiger partial charge in [-0.2, -0.15) is 0 Å². The van der Waals surface area contributed by atoms with Crippen molar-refractivity contribution in [2.45, 2.75) is 51.4 Å². The van der Waals surface area contributed by atoms with E-state index in [4.69, 9.17) is 9.15 Å². The van der Waals surface area contributed by atoms with Gasteiger partial charge in [0.2, 0.25) is 0 Å². The Morgan fingerprint density at radius 3 is 2.68 bits per heavy atom. The van der Waals surface area contributed by atoms with E-state index in [2.05, 4.69) is 5.32 Å². The summed E-state index contributed by atoms with van der Waals surface area (Å²) in [4.78, 5) is 34.3. The van der Waals surface area contributed by atoms with Gasteiger partial charge >= 0.3 is 5.63 Å². The minimum atomic E-state index is -1.05. The van der Waals surface area contributed by atoms with Crippen molar-refractivity contribution in [2.24, 2.45) is 0 Å². The van der Waals surface area contributed by atoms with E-state index in [1.54, 1.807) is 12.1 Å². The number of ether oxygens (including phenoxy) is 1. The van der Waals surface area contributed by atoms with Gasteiger partial charge in [-0.05, 0) is 62.6 Å². The minimum Gasteiger partial charge on any atom is -0.550 e. The van der Waals surface area contributed by atoms with E-state index in [1.165, 1.54) is 0 Å². The first-order chi connectivity index (χ1) is 13.5. The van der Waals surface area contributed by atoms with Crippen LogP contribution in [0.5, 0.6) is 5.75 Å². The highest BCUT2D eigenvalue weighted by atomic mass is 16.5. The number of carbonyl (C=O) groups excluding carboxylic acids is 2. The van der Waals surface area contributed by atoms with Crippen molar-refractivity contribution in [3.63, 3.8) is 0 Å². The van der Waals surface area contributed by atoms with Crippen molar-refractivity contribution in [3.8, 4) is 5.75 Å². The number of fused-ring (bicyclic) bond motifs is 3. The number of carboxylic acids is 1. The van der Waals surface area contributed by atoms with Crippen LogP contribution in [0, 0.1) is 0 Å². The summed E-state index contributed by atoms with van der Waals surface area (Å²) in [5.74, 6) is -0.841. The van der Waals surface area contributed by atoms with Crippen LogP contribution in [-0.4, -0.2) is 25.0 Å². The largest absolute Gasteiger partial charge is 0.550 e. The van der Waals surface area contributed by atoms with Crippen LogP contribution in [-0.2, 0) is 22.4 Å². The summed E-state index contributed by atoms with van der Waals surface area (Å²) in [7, 11) is 0. The van der Waals surface area contributed by atoms with Gasteiger partial charge in [0.1, 0.15) is 11.3 Å². The Balaban J connectivity index is 1.51. The smallest absolute Gasteiger partial charge is 0.339 e. The van der Waals surface area contributed by atoms with E-state index in [9.17, 15) is 19.5 Å². The monoisotopic (exact) mass is 386 g/mol. The first-order valence-electron chi connectivity index (χ1n) is 9.72. The second kappa shape index (κ2) is 9.39. The number of hydrogen-bond donors (Lipinski definition) is 1. The molecule has 1 N–H and O–H groups in total. The first kappa shape index (κ1) is 19.9. The molecule has 7 heteroatoms. The number of aliphatic carboxylic acids is 1. The van der Waals surface area contributed by atoms with Crippen molar-refractivity contribution < 1.29 is 23.8 Å². The normalized spacial score (nSPS) is 13.1. The number of aryl methyl sites for hydroxylation is 1. The molecule has 1 aliphatic rings. The van der Waals surface area contributed by atoms with Crippen LogP contribution in [0.4, 0.5) is 0 Å². The summed E-state index contributed by atoms with van der Waals surface area (Å²) in [5.41, 5.74) is 2.05. The molecule has 7 nitrogen and oxygen atoms in total. The van der Waals surface area contributed by atoms with Crippen molar-refractivity contribution in [1.29, 1.82) is 0 Å². The van der Waals surface area contributed by atoms with Crippen LogP contribution < -0.4 is 20.8 Å². The molecule has 0 spiro atoms. The van der Waals surface area contributed by atoms with Crippen molar-refractivity contribution in [3.05, 3.63) is 39.7 Å². The molecule has 2 aromatic rings. The Hall–Kier alpha value is -2.83. The maximum atomic E-state index is 12.2. The zero-order chi connectivity index (χ0) is 19.9. The van der Waals surface area contributed by atoms with Gasteiger partial charge in [-0.15, -0.1) is 0 Å². The Morgan fingerprint density at radius 2 is 1.89 bits per heavy atom. The topological polar surface area (TPSA) is 109 Å². The highest BCUT2D eigenvalue weighted by molar-refractivity contribution is 5.83. The lowest BCUT2D eigenvalue weighted by molar-refractivity contribution is -0.305. The second-order valence-electron chi connectivity index (χ2n) is 7.03. The molecule has 0 fully saturated rings. The van der Waals surface area contributed by atoms with E-state index in [0.29, 0.717) is 37.1 Å². The fraction of sp³-hybridized carbons (Fsp3) is 0.476. The standard InChI is InChI=1S/C21H25NO6/c23-19(22-11-5-1-2-8-20(24)25)13-27-14-9-10-16-15-6-3-4-7-17(15)21(26)28-18(16)12-14/h9-10,12H,1-8,11,13H2,(H,22,23)(H,24,25)/p-1. The van der Waals surface area contributed by atoms with E-state index in [0.717, 1.165) is 42.2 Å². The highest BCUT2D eigenvalue weighted by Crippen LogP contribution is 2.29. The predicted molar refractivity (Wildman–Crippen MR) is 101 cm³/mol. The minimum absolute atomic E-state index is 0.0400. The SMILES string of the molecule is O=C([O-])CCCCCNC(=O)COc1ccc2c3c(c(=O)oc2c1)CCCC3. The number of amides is 1. The molecule has 1 aromatic heterocycles. The fourth-order valence-corrected chi connectivity index (χ4v) is 3.51. The molecular formula is C21H24NO6-. The summed E-state index contributed by atoms with van der Waals surface area (Å²) < 4.78 is 11.0. The molecule has 0 unspecified atom stereocenters. The fourth-order valence-electron chi connectivity index (χ4n) is 3.51. The van der Waals surface area contributed by atoms with Crippen LogP contribution in [0.2, 0.25) is 0 Å². The lowest BCUT2D eigenvalue weighted by atomic mass is 9.91. The van der Waals surface area contributed by atoms with Crippen LogP contribution in [0.1, 0.15) is 49.7 Å². The first-order valence-corrected chi connectivity index (χ1v) is 9.72. The van der Waals surface area contributed by atoms with E-state index < -0.39 is 5.97 Å². The Morgan fingerprint density at radius 1 is 1.11 bits per heavy atom. The highest BCUT2D eigenvalue weighted by Gasteiger charge is 2.18. The molecular weight excluding hydrogens is 362 g/mol. The Kier molecular flexibility index (Phi) is 6.68. The molecule has 1 heterocycles. The second-order valence-corrected chi connectivity index (χ2v) is 7.03. The van der Waals surface area contributed by atoms with Crippen molar-refractivity contribution >= 4 is 22.8 Å². The van der Waals surface area contributed by atoms with Gasteiger partial charge in [-0.3, -0.25) is 4.79 Å². The molecule has 3 rings (SSSR count). The van der Waals surface area contributed by atoms with Crippen molar-refractivity contribution in [2.75, 3.05) is 13.2 Å². The number of rotatable bonds is 9. The lowest BCUT2D eigenvalue weighted by Gasteiger charge is -2.16. The number of carboxylic acid groups (broad SMARTS) is 1. The third kappa shape index (κ3) is 5.12. The molecule has 28 heavy (non-hydrogen) atoms. The average molecular weight is 386 g/mol. The van der Waals surface area contributed by atoms with Gasteiger partial charge < -0.3 is 24.4 Å². The summed E-state index contributed by atoms with van der Waals surface area (Å²) in [6.45, 7) is 0.327. The predicted octanol–water partition coefficient (Wildman–Crippen LogP) is 1.48. The van der Waals surface area contributed by atoms with Crippen LogP contribution in [0.15, 0.2) is 27.4 Å². The van der Waals surface area contributed by atoms with Crippen molar-refractivity contribution in [1.82, 2.24) is 5.32 Å². The van der Waals surface area contributed by atoms with Gasteiger partial charge in [0.25, 0.3) is 5.91 Å². The number of nitrogens with one attached hydrogen (secondary N) is 1. The van der Waals surface area contributed by atoms with Gasteiger partial charge in [0.15, 0.2) is 6.61 Å². The van der Waals surface area contributed by atoms with E-state index in [1.807, 2.05) is 6.07 Å². The number of unbranched alkanes of at least 4 members (excludes halogenated alkanes) is 2. The molecule has 0 aliphatic heterocycles.